The van der Waals surface area contributed by atoms with E-state index in [4.69, 9.17) is 22.3 Å². The quantitative estimate of drug-likeness (QED) is 0.407. The lowest BCUT2D eigenvalue weighted by Crippen LogP contribution is -2.40. The zero-order chi connectivity index (χ0) is 8.31. The van der Waals surface area contributed by atoms with Crippen molar-refractivity contribution in [3.05, 3.63) is 0 Å². The molecule has 0 aromatic rings. The second-order valence-corrected chi connectivity index (χ2v) is 2.40. The smallest absolute Gasteiger partial charge is 0.0701 e. The average Bonchev–Trinajstić information content (AvgIpc) is 1.84. The standard InChI is InChI=1S/C6H14N4/c1-3(7)5(9)6(10)4(2)8/h3-4,9-10H,7-8H2,1-2H3. The first kappa shape index (κ1) is 9.26. The molecule has 10 heavy (non-hydrogen) atoms. The van der Waals surface area contributed by atoms with Crippen molar-refractivity contribution in [2.45, 2.75) is 25.9 Å². The van der Waals surface area contributed by atoms with Gasteiger partial charge in [0, 0.05) is 12.1 Å². The summed E-state index contributed by atoms with van der Waals surface area (Å²) in [5, 5.41) is 14.5. The van der Waals surface area contributed by atoms with E-state index in [9.17, 15) is 0 Å². The molecule has 0 heterocycles. The third-order valence-corrected chi connectivity index (χ3v) is 1.20. The molecule has 0 saturated carbocycles. The molecule has 58 valence electrons. The van der Waals surface area contributed by atoms with Crippen LogP contribution in [0.15, 0.2) is 0 Å². The molecule has 4 heteroatoms. The van der Waals surface area contributed by atoms with Crippen LogP contribution in [0.2, 0.25) is 0 Å². The van der Waals surface area contributed by atoms with E-state index in [1.807, 2.05) is 0 Å². The largest absolute Gasteiger partial charge is 0.323 e. The van der Waals surface area contributed by atoms with Gasteiger partial charge in [-0.05, 0) is 13.8 Å². The van der Waals surface area contributed by atoms with Gasteiger partial charge < -0.3 is 22.3 Å². The summed E-state index contributed by atoms with van der Waals surface area (Å²) in [5.41, 5.74) is 10.9. The SMILES string of the molecule is CC(N)C(=N)C(=N)C(C)N. The maximum absolute atomic E-state index is 7.25. The van der Waals surface area contributed by atoms with Gasteiger partial charge in [0.25, 0.3) is 0 Å². The van der Waals surface area contributed by atoms with E-state index in [0.717, 1.165) is 0 Å². The maximum Gasteiger partial charge on any atom is 0.0701 e. The highest BCUT2D eigenvalue weighted by atomic mass is 14.7. The lowest BCUT2D eigenvalue weighted by atomic mass is 10.1. The Labute approximate surface area is 60.6 Å². The summed E-state index contributed by atoms with van der Waals surface area (Å²) in [6, 6.07) is -0.781. The van der Waals surface area contributed by atoms with Gasteiger partial charge in [0.1, 0.15) is 0 Å². The molecule has 4 nitrogen and oxygen atoms in total. The minimum absolute atomic E-state index is 0.120. The minimum atomic E-state index is -0.390. The van der Waals surface area contributed by atoms with E-state index in [2.05, 4.69) is 0 Å². The van der Waals surface area contributed by atoms with Crippen LogP contribution in [0.25, 0.3) is 0 Å². The Balaban J connectivity index is 4.10. The molecule has 0 aliphatic rings. The third-order valence-electron chi connectivity index (χ3n) is 1.20. The molecule has 0 amide bonds. The fraction of sp³-hybridized carbons (Fsp3) is 0.667. The van der Waals surface area contributed by atoms with Crippen LogP contribution in [0, 0.1) is 10.8 Å². The Morgan fingerprint density at radius 1 is 1.00 bits per heavy atom. The molecule has 2 atom stereocenters. The van der Waals surface area contributed by atoms with Crippen LogP contribution in [0.3, 0.4) is 0 Å². The first-order valence-electron chi connectivity index (χ1n) is 3.15. The molecule has 0 aromatic carbocycles. The predicted molar refractivity (Wildman–Crippen MR) is 42.8 cm³/mol. The number of rotatable bonds is 3. The van der Waals surface area contributed by atoms with Crippen LogP contribution in [0.4, 0.5) is 0 Å². The topological polar surface area (TPSA) is 99.7 Å². The summed E-state index contributed by atoms with van der Waals surface area (Å²) in [6.07, 6.45) is 0. The summed E-state index contributed by atoms with van der Waals surface area (Å²) in [5.74, 6) is 0. The number of nitrogens with one attached hydrogen (secondary N) is 2. The van der Waals surface area contributed by atoms with Gasteiger partial charge in [-0.2, -0.15) is 0 Å². The molecular weight excluding hydrogens is 128 g/mol. The minimum Gasteiger partial charge on any atom is -0.323 e. The fourth-order valence-corrected chi connectivity index (χ4v) is 0.491. The summed E-state index contributed by atoms with van der Waals surface area (Å²) in [6.45, 7) is 3.33. The van der Waals surface area contributed by atoms with Crippen molar-refractivity contribution >= 4 is 11.4 Å². The van der Waals surface area contributed by atoms with Crippen LogP contribution in [-0.4, -0.2) is 23.5 Å². The highest BCUT2D eigenvalue weighted by molar-refractivity contribution is 6.43. The zero-order valence-electron chi connectivity index (χ0n) is 6.31. The molecule has 0 rings (SSSR count). The first-order chi connectivity index (χ1) is 4.46. The second-order valence-electron chi connectivity index (χ2n) is 2.40. The van der Waals surface area contributed by atoms with Crippen molar-refractivity contribution in [2.24, 2.45) is 11.5 Å². The van der Waals surface area contributed by atoms with Gasteiger partial charge in [0.2, 0.25) is 0 Å². The van der Waals surface area contributed by atoms with Crippen molar-refractivity contribution in [1.29, 1.82) is 10.8 Å². The van der Waals surface area contributed by atoms with Crippen LogP contribution in [0.1, 0.15) is 13.8 Å². The second kappa shape index (κ2) is 3.43. The molecule has 0 aliphatic heterocycles. The lowest BCUT2D eigenvalue weighted by Gasteiger charge is -2.11. The van der Waals surface area contributed by atoms with Gasteiger partial charge >= 0.3 is 0 Å². The number of nitrogens with two attached hydrogens (primary N) is 2. The van der Waals surface area contributed by atoms with Crippen molar-refractivity contribution in [3.63, 3.8) is 0 Å². The summed E-state index contributed by atoms with van der Waals surface area (Å²) in [7, 11) is 0. The van der Waals surface area contributed by atoms with Gasteiger partial charge in [-0.25, -0.2) is 0 Å². The van der Waals surface area contributed by atoms with Crippen LogP contribution >= 0.6 is 0 Å². The van der Waals surface area contributed by atoms with Gasteiger partial charge in [-0.15, -0.1) is 0 Å². The van der Waals surface area contributed by atoms with Crippen LogP contribution in [0.5, 0.6) is 0 Å². The Hall–Kier alpha value is -0.740. The predicted octanol–water partition coefficient (Wildman–Crippen LogP) is -0.280. The van der Waals surface area contributed by atoms with E-state index in [1.54, 1.807) is 13.8 Å². The van der Waals surface area contributed by atoms with Gasteiger partial charge in [-0.3, -0.25) is 0 Å². The van der Waals surface area contributed by atoms with Crippen molar-refractivity contribution < 1.29 is 0 Å². The van der Waals surface area contributed by atoms with Crippen LogP contribution < -0.4 is 11.5 Å². The zero-order valence-corrected chi connectivity index (χ0v) is 6.31. The van der Waals surface area contributed by atoms with Crippen molar-refractivity contribution in [1.82, 2.24) is 0 Å². The number of hydrogen-bond donors (Lipinski definition) is 4. The monoisotopic (exact) mass is 142 g/mol. The van der Waals surface area contributed by atoms with Crippen molar-refractivity contribution in [3.8, 4) is 0 Å². The van der Waals surface area contributed by atoms with Gasteiger partial charge in [0.05, 0.1) is 11.4 Å². The Kier molecular flexibility index (Phi) is 3.18. The molecule has 0 aliphatic carbocycles. The molecule has 6 N–H and O–H groups in total. The molecule has 0 saturated heterocycles. The Morgan fingerprint density at radius 2 is 1.20 bits per heavy atom. The molecule has 0 fully saturated rings. The summed E-state index contributed by atoms with van der Waals surface area (Å²) < 4.78 is 0. The Morgan fingerprint density at radius 3 is 1.30 bits per heavy atom. The highest BCUT2D eigenvalue weighted by Crippen LogP contribution is 1.88. The van der Waals surface area contributed by atoms with E-state index < -0.39 is 12.1 Å². The molecular formula is C6H14N4. The normalized spacial score (nSPS) is 16.0. The average molecular weight is 142 g/mol. The van der Waals surface area contributed by atoms with E-state index in [1.165, 1.54) is 0 Å². The highest BCUT2D eigenvalue weighted by Gasteiger charge is 2.12. The molecule has 0 aromatic heterocycles. The Bertz CT molecular complexity index is 130. The fourth-order valence-electron chi connectivity index (χ4n) is 0.491. The van der Waals surface area contributed by atoms with E-state index >= 15 is 0 Å². The number of hydrogen-bond acceptors (Lipinski definition) is 4. The first-order valence-corrected chi connectivity index (χ1v) is 3.15. The lowest BCUT2D eigenvalue weighted by molar-refractivity contribution is 0.935. The molecule has 0 bridgehead atoms. The van der Waals surface area contributed by atoms with Gasteiger partial charge in [-0.1, -0.05) is 0 Å². The molecule has 2 unspecified atom stereocenters. The third kappa shape index (κ3) is 2.24. The maximum atomic E-state index is 7.25. The molecule has 0 radical (unpaired) electrons. The molecule has 0 spiro atoms. The summed E-state index contributed by atoms with van der Waals surface area (Å²) >= 11 is 0. The van der Waals surface area contributed by atoms with Crippen LogP contribution in [-0.2, 0) is 0 Å². The van der Waals surface area contributed by atoms with Gasteiger partial charge in [0.15, 0.2) is 0 Å². The van der Waals surface area contributed by atoms with E-state index in [-0.39, 0.29) is 11.4 Å². The summed E-state index contributed by atoms with van der Waals surface area (Å²) in [4.78, 5) is 0. The van der Waals surface area contributed by atoms with E-state index in [0.29, 0.717) is 0 Å². The van der Waals surface area contributed by atoms with Crippen molar-refractivity contribution in [2.75, 3.05) is 0 Å².